The van der Waals surface area contributed by atoms with Crippen molar-refractivity contribution in [3.8, 4) is 11.1 Å². The smallest absolute Gasteiger partial charge is 0.0547 e. The number of hydrogen-bond acceptors (Lipinski definition) is 0. The summed E-state index contributed by atoms with van der Waals surface area (Å²) in [5.41, 5.74) is 5.75. The fourth-order valence-electron chi connectivity index (χ4n) is 5.42. The molecule has 3 aromatic rings. The Labute approximate surface area is 224 Å². The Hall–Kier alpha value is -2.12. The highest BCUT2D eigenvalue weighted by atomic mass is 28.2. The minimum atomic E-state index is 0.0269. The molecule has 1 aliphatic rings. The van der Waals surface area contributed by atoms with Crippen LogP contribution in [-0.4, -0.2) is 9.52 Å². The van der Waals surface area contributed by atoms with Gasteiger partial charge in [0.2, 0.25) is 0 Å². The Morgan fingerprint density at radius 2 is 0.889 bits per heavy atom. The highest BCUT2D eigenvalue weighted by molar-refractivity contribution is 6.53. The minimum absolute atomic E-state index is 0.0269. The van der Waals surface area contributed by atoms with Crippen LogP contribution in [0.5, 0.6) is 0 Å². The Morgan fingerprint density at radius 1 is 0.472 bits per heavy atom. The molecule has 0 fully saturated rings. The molecule has 0 atom stereocenters. The van der Waals surface area contributed by atoms with Crippen molar-refractivity contribution in [2.45, 2.75) is 109 Å². The SMILES string of the molecule is CCCCCCCCCCCCCCCC[SiH2]c1ccccc1.c1ccc2c(c1)Cc1ccccc1-2. The molecule has 4 rings (SSSR count). The van der Waals surface area contributed by atoms with Gasteiger partial charge in [0, 0.05) is 0 Å². The average Bonchev–Trinajstić information content (AvgIpc) is 3.31. The van der Waals surface area contributed by atoms with E-state index in [1.807, 2.05) is 0 Å². The maximum Gasteiger partial charge on any atom is 0.0547 e. The molecule has 0 bridgehead atoms. The quantitative estimate of drug-likeness (QED) is 0.106. The van der Waals surface area contributed by atoms with Gasteiger partial charge in [0.1, 0.15) is 0 Å². The van der Waals surface area contributed by atoms with Crippen LogP contribution in [0.15, 0.2) is 78.9 Å². The van der Waals surface area contributed by atoms with Gasteiger partial charge in [-0.15, -0.1) is 0 Å². The summed E-state index contributed by atoms with van der Waals surface area (Å²) in [6, 6.07) is 29.9. The minimum Gasteiger partial charge on any atom is -0.0669 e. The maximum absolute atomic E-state index is 2.32. The molecule has 0 nitrogen and oxygen atoms in total. The van der Waals surface area contributed by atoms with Crippen LogP contribution in [0.3, 0.4) is 0 Å². The standard InChI is InChI=1S/C22H40Si.C13H10/c1-2-3-4-5-6-7-8-9-10-11-12-13-14-18-21-23-22-19-16-15-17-20-22;1-3-7-12-10(5-1)9-11-6-2-4-8-13(11)12/h15-17,19-20H,2-14,18,21,23H2,1H3;1-8H,9H2. The number of unbranched alkanes of at least 4 members (excludes halogenated alkanes) is 13. The maximum atomic E-state index is 2.32. The topological polar surface area (TPSA) is 0 Å². The van der Waals surface area contributed by atoms with E-state index in [1.165, 1.54) is 118 Å². The number of rotatable bonds is 16. The highest BCUT2D eigenvalue weighted by Crippen LogP contribution is 2.35. The van der Waals surface area contributed by atoms with Gasteiger partial charge in [-0.05, 0) is 28.7 Å². The third kappa shape index (κ3) is 10.9. The molecule has 0 amide bonds. The second-order valence-corrected chi connectivity index (χ2v) is 12.7. The predicted octanol–water partition coefficient (Wildman–Crippen LogP) is 9.64. The summed E-state index contributed by atoms with van der Waals surface area (Å²) in [5, 5.41) is 1.64. The first-order chi connectivity index (χ1) is 17.9. The molecule has 36 heavy (non-hydrogen) atoms. The van der Waals surface area contributed by atoms with Crippen LogP contribution in [0, 0.1) is 0 Å². The fourth-order valence-corrected chi connectivity index (χ4v) is 7.04. The summed E-state index contributed by atoms with van der Waals surface area (Å²) >= 11 is 0. The van der Waals surface area contributed by atoms with Gasteiger partial charge in [-0.1, -0.05) is 187 Å². The molecular weight excluding hydrogens is 448 g/mol. The Balaban J connectivity index is 0.000000230. The zero-order valence-corrected chi connectivity index (χ0v) is 24.4. The molecule has 0 heterocycles. The Bertz CT molecular complexity index is 902. The van der Waals surface area contributed by atoms with E-state index in [9.17, 15) is 0 Å². The van der Waals surface area contributed by atoms with Gasteiger partial charge in [-0.25, -0.2) is 0 Å². The molecule has 0 aliphatic heterocycles. The monoisotopic (exact) mass is 498 g/mol. The third-order valence-corrected chi connectivity index (χ3v) is 9.52. The number of fused-ring (bicyclic) bond motifs is 3. The van der Waals surface area contributed by atoms with Crippen molar-refractivity contribution in [1.82, 2.24) is 0 Å². The van der Waals surface area contributed by atoms with Crippen LogP contribution in [0.2, 0.25) is 6.04 Å². The summed E-state index contributed by atoms with van der Waals surface area (Å²) in [5.74, 6) is 0. The zero-order valence-electron chi connectivity index (χ0n) is 23.0. The molecule has 0 unspecified atom stereocenters. The molecular formula is C35H50Si. The lowest BCUT2D eigenvalue weighted by atomic mass is 10.0. The predicted molar refractivity (Wildman–Crippen MR) is 164 cm³/mol. The lowest BCUT2D eigenvalue weighted by Crippen LogP contribution is -2.12. The van der Waals surface area contributed by atoms with E-state index in [1.54, 1.807) is 5.19 Å². The van der Waals surface area contributed by atoms with Crippen LogP contribution >= 0.6 is 0 Å². The van der Waals surface area contributed by atoms with Crippen molar-refractivity contribution in [3.05, 3.63) is 90.0 Å². The van der Waals surface area contributed by atoms with Gasteiger partial charge in [0.25, 0.3) is 0 Å². The van der Waals surface area contributed by atoms with Crippen molar-refractivity contribution >= 4 is 14.7 Å². The molecule has 1 heteroatoms. The lowest BCUT2D eigenvalue weighted by Gasteiger charge is -2.03. The molecule has 0 saturated heterocycles. The zero-order chi connectivity index (χ0) is 25.1. The van der Waals surface area contributed by atoms with E-state index in [-0.39, 0.29) is 9.52 Å². The molecule has 1 aliphatic carbocycles. The van der Waals surface area contributed by atoms with E-state index in [0.717, 1.165) is 6.42 Å². The van der Waals surface area contributed by atoms with Gasteiger partial charge in [0.15, 0.2) is 0 Å². The largest absolute Gasteiger partial charge is 0.0669 e. The van der Waals surface area contributed by atoms with Crippen molar-refractivity contribution < 1.29 is 0 Å². The van der Waals surface area contributed by atoms with Crippen LogP contribution in [0.25, 0.3) is 11.1 Å². The summed E-state index contributed by atoms with van der Waals surface area (Å²) < 4.78 is 0. The van der Waals surface area contributed by atoms with Gasteiger partial charge >= 0.3 is 0 Å². The molecule has 0 aromatic heterocycles. The summed E-state index contributed by atoms with van der Waals surface area (Å²) in [6.45, 7) is 2.30. The first kappa shape index (κ1) is 28.4. The van der Waals surface area contributed by atoms with Gasteiger partial charge < -0.3 is 0 Å². The van der Waals surface area contributed by atoms with E-state index in [4.69, 9.17) is 0 Å². The number of benzene rings is 3. The van der Waals surface area contributed by atoms with E-state index in [2.05, 4.69) is 85.8 Å². The Kier molecular flexibility index (Phi) is 14.4. The average molecular weight is 499 g/mol. The summed E-state index contributed by atoms with van der Waals surface area (Å²) in [7, 11) is 0.0269. The van der Waals surface area contributed by atoms with Gasteiger partial charge in [0.05, 0.1) is 9.52 Å². The van der Waals surface area contributed by atoms with Crippen molar-refractivity contribution in [2.75, 3.05) is 0 Å². The van der Waals surface area contributed by atoms with Gasteiger partial charge in [-0.3, -0.25) is 0 Å². The summed E-state index contributed by atoms with van der Waals surface area (Å²) in [4.78, 5) is 0. The molecule has 0 saturated carbocycles. The van der Waals surface area contributed by atoms with Crippen molar-refractivity contribution in [1.29, 1.82) is 0 Å². The fraction of sp³-hybridized carbons (Fsp3) is 0.486. The highest BCUT2D eigenvalue weighted by Gasteiger charge is 2.15. The van der Waals surface area contributed by atoms with E-state index < -0.39 is 0 Å². The van der Waals surface area contributed by atoms with Crippen LogP contribution < -0.4 is 5.19 Å². The first-order valence-corrected chi connectivity index (χ1v) is 16.8. The Morgan fingerprint density at radius 3 is 1.39 bits per heavy atom. The first-order valence-electron chi connectivity index (χ1n) is 15.1. The molecule has 0 radical (unpaired) electrons. The summed E-state index contributed by atoms with van der Waals surface area (Å²) in [6.07, 6.45) is 21.6. The molecule has 194 valence electrons. The molecule has 3 aromatic carbocycles. The molecule has 0 spiro atoms. The number of hydrogen-bond donors (Lipinski definition) is 0. The van der Waals surface area contributed by atoms with Crippen LogP contribution in [0.1, 0.15) is 108 Å². The normalized spacial score (nSPS) is 11.8. The lowest BCUT2D eigenvalue weighted by molar-refractivity contribution is 0.538. The van der Waals surface area contributed by atoms with Gasteiger partial charge in [-0.2, -0.15) is 0 Å². The van der Waals surface area contributed by atoms with E-state index in [0.29, 0.717) is 0 Å². The third-order valence-electron chi connectivity index (χ3n) is 7.62. The van der Waals surface area contributed by atoms with Crippen LogP contribution in [-0.2, 0) is 6.42 Å². The van der Waals surface area contributed by atoms with E-state index >= 15 is 0 Å². The van der Waals surface area contributed by atoms with Crippen molar-refractivity contribution in [3.63, 3.8) is 0 Å². The van der Waals surface area contributed by atoms with Crippen LogP contribution in [0.4, 0.5) is 0 Å². The molecule has 0 N–H and O–H groups in total. The second kappa shape index (κ2) is 18.2. The van der Waals surface area contributed by atoms with Crippen molar-refractivity contribution in [2.24, 2.45) is 0 Å². The second-order valence-electron chi connectivity index (χ2n) is 10.7.